The molecule has 2 N–H and O–H groups in total. The minimum atomic E-state index is -0.121. The van der Waals surface area contributed by atoms with Gasteiger partial charge in [-0.3, -0.25) is 9.59 Å². The molecule has 0 aliphatic heterocycles. The summed E-state index contributed by atoms with van der Waals surface area (Å²) >= 11 is 0. The summed E-state index contributed by atoms with van der Waals surface area (Å²) in [4.78, 5) is 26.8. The normalized spacial score (nSPS) is 11.2. The van der Waals surface area contributed by atoms with Gasteiger partial charge in [0, 0.05) is 30.7 Å². The van der Waals surface area contributed by atoms with Crippen molar-refractivity contribution >= 4 is 16.8 Å². The highest BCUT2D eigenvalue weighted by Gasteiger charge is 2.07. The van der Waals surface area contributed by atoms with E-state index < -0.39 is 0 Å². The lowest BCUT2D eigenvalue weighted by Gasteiger charge is -2.08. The predicted molar refractivity (Wildman–Crippen MR) is 96.3 cm³/mol. The maximum Gasteiger partial charge on any atom is 0.251 e. The van der Waals surface area contributed by atoms with E-state index >= 15 is 0 Å². The fraction of sp³-hybridized carbons (Fsp3) is 0.474. The second-order valence-electron chi connectivity index (χ2n) is 6.34. The molecule has 24 heavy (non-hydrogen) atoms. The van der Waals surface area contributed by atoms with Crippen molar-refractivity contribution in [1.29, 1.82) is 0 Å². The number of amides is 1. The Morgan fingerprint density at radius 1 is 1.29 bits per heavy atom. The van der Waals surface area contributed by atoms with E-state index in [2.05, 4.69) is 10.3 Å². The lowest BCUT2D eigenvalue weighted by atomic mass is 10.1. The molecule has 0 bridgehead atoms. The molecule has 0 atom stereocenters. The van der Waals surface area contributed by atoms with Crippen LogP contribution in [0.2, 0.25) is 0 Å². The topological polar surface area (TPSA) is 71.2 Å². The van der Waals surface area contributed by atoms with Crippen LogP contribution in [0.4, 0.5) is 0 Å². The minimum Gasteiger partial charge on any atom is -0.379 e. The Labute approximate surface area is 142 Å². The monoisotopic (exact) mass is 330 g/mol. The Morgan fingerprint density at radius 2 is 2.08 bits per heavy atom. The predicted octanol–water partition coefficient (Wildman–Crippen LogP) is 2.70. The molecule has 0 aliphatic carbocycles. The van der Waals surface area contributed by atoms with Gasteiger partial charge in [0.2, 0.25) is 5.91 Å². The van der Waals surface area contributed by atoms with Crippen LogP contribution in [-0.4, -0.2) is 30.1 Å². The first-order valence-corrected chi connectivity index (χ1v) is 8.46. The highest BCUT2D eigenvalue weighted by Crippen LogP contribution is 2.13. The van der Waals surface area contributed by atoms with Gasteiger partial charge in [0.1, 0.15) is 0 Å². The number of carbonyl (C=O) groups excluding carboxylic acids is 1. The zero-order valence-corrected chi connectivity index (χ0v) is 14.6. The Kier molecular flexibility index (Phi) is 6.55. The highest BCUT2D eigenvalue weighted by atomic mass is 16.5. The summed E-state index contributed by atoms with van der Waals surface area (Å²) in [5.41, 5.74) is 2.49. The summed E-state index contributed by atoms with van der Waals surface area (Å²) in [5, 5.41) is 3.86. The second kappa shape index (κ2) is 8.64. The van der Waals surface area contributed by atoms with Crippen LogP contribution in [0, 0.1) is 6.92 Å². The second-order valence-corrected chi connectivity index (χ2v) is 6.34. The molecule has 0 fully saturated rings. The smallest absolute Gasteiger partial charge is 0.251 e. The van der Waals surface area contributed by atoms with Crippen LogP contribution in [-0.2, 0) is 16.0 Å². The molecule has 130 valence electrons. The molecule has 1 aromatic carbocycles. The molecule has 0 unspecified atom stereocenters. The van der Waals surface area contributed by atoms with E-state index in [1.165, 1.54) is 0 Å². The number of hydrogen-bond acceptors (Lipinski definition) is 3. The number of nitrogens with one attached hydrogen (secondary N) is 2. The fourth-order valence-corrected chi connectivity index (χ4v) is 2.51. The van der Waals surface area contributed by atoms with Gasteiger partial charge < -0.3 is 15.0 Å². The molecule has 1 aromatic heterocycles. The maximum absolute atomic E-state index is 12.1. The Bertz CT molecular complexity index is 750. The molecule has 0 spiro atoms. The summed E-state index contributed by atoms with van der Waals surface area (Å²) in [7, 11) is 0. The van der Waals surface area contributed by atoms with Crippen LogP contribution in [0.1, 0.15) is 37.8 Å². The van der Waals surface area contributed by atoms with Gasteiger partial charge in [0.05, 0.1) is 6.10 Å². The zero-order valence-electron chi connectivity index (χ0n) is 14.6. The van der Waals surface area contributed by atoms with Crippen LogP contribution in [0.15, 0.2) is 29.1 Å². The number of H-pyrrole nitrogens is 1. The van der Waals surface area contributed by atoms with E-state index in [0.29, 0.717) is 31.6 Å². The highest BCUT2D eigenvalue weighted by molar-refractivity contribution is 5.80. The van der Waals surface area contributed by atoms with Gasteiger partial charge >= 0.3 is 0 Å². The van der Waals surface area contributed by atoms with E-state index in [-0.39, 0.29) is 17.6 Å². The van der Waals surface area contributed by atoms with Crippen LogP contribution in [0.5, 0.6) is 0 Å². The lowest BCUT2D eigenvalue weighted by Crippen LogP contribution is -2.26. The van der Waals surface area contributed by atoms with E-state index in [9.17, 15) is 9.59 Å². The molecule has 2 aromatic rings. The number of aromatic amines is 1. The quantitative estimate of drug-likeness (QED) is 0.731. The van der Waals surface area contributed by atoms with Crippen molar-refractivity contribution in [2.24, 2.45) is 0 Å². The minimum absolute atomic E-state index is 0.0386. The largest absolute Gasteiger partial charge is 0.379 e. The van der Waals surface area contributed by atoms with Gasteiger partial charge in [-0.05, 0) is 57.2 Å². The lowest BCUT2D eigenvalue weighted by molar-refractivity contribution is -0.121. The Morgan fingerprint density at radius 3 is 2.83 bits per heavy atom. The third-order valence-corrected chi connectivity index (χ3v) is 3.79. The molecule has 2 rings (SSSR count). The standard InChI is InChI=1S/C19H26N2O3/c1-13(2)24-10-4-9-20-18(22)8-6-15-12-16-11-14(3)5-7-17(16)21-19(15)23/h5,7,11-13H,4,6,8-10H2,1-3H3,(H,20,22)(H,21,23). The van der Waals surface area contributed by atoms with E-state index in [4.69, 9.17) is 4.74 Å². The number of benzene rings is 1. The fourth-order valence-electron chi connectivity index (χ4n) is 2.51. The number of rotatable bonds is 8. The first-order valence-electron chi connectivity index (χ1n) is 8.46. The SMILES string of the molecule is Cc1ccc2[nH]c(=O)c(CCC(=O)NCCCOC(C)C)cc2c1. The number of carbonyl (C=O) groups is 1. The first kappa shape index (κ1) is 18.2. The van der Waals surface area contributed by atoms with Crippen LogP contribution >= 0.6 is 0 Å². The number of aryl methyl sites for hydroxylation is 2. The van der Waals surface area contributed by atoms with E-state index in [1.807, 2.05) is 45.0 Å². The summed E-state index contributed by atoms with van der Waals surface area (Å²) < 4.78 is 5.42. The van der Waals surface area contributed by atoms with Crippen molar-refractivity contribution in [2.45, 2.75) is 46.1 Å². The number of ether oxygens (including phenoxy) is 1. The van der Waals surface area contributed by atoms with Crippen LogP contribution < -0.4 is 10.9 Å². The van der Waals surface area contributed by atoms with Crippen LogP contribution in [0.25, 0.3) is 10.9 Å². The average Bonchev–Trinajstić information content (AvgIpc) is 2.52. The van der Waals surface area contributed by atoms with Crippen LogP contribution in [0.3, 0.4) is 0 Å². The van der Waals surface area contributed by atoms with Gasteiger partial charge in [0.25, 0.3) is 5.56 Å². The van der Waals surface area contributed by atoms with Gasteiger partial charge in [-0.2, -0.15) is 0 Å². The van der Waals surface area contributed by atoms with Crippen molar-refractivity contribution in [3.8, 4) is 0 Å². The molecule has 5 heteroatoms. The molecule has 0 saturated heterocycles. The molecule has 1 heterocycles. The first-order chi connectivity index (χ1) is 11.5. The van der Waals surface area contributed by atoms with Gasteiger partial charge in [0.15, 0.2) is 0 Å². The molecule has 0 saturated carbocycles. The van der Waals surface area contributed by atoms with E-state index in [1.54, 1.807) is 0 Å². The van der Waals surface area contributed by atoms with Crippen molar-refractivity contribution in [2.75, 3.05) is 13.2 Å². The molecular formula is C19H26N2O3. The summed E-state index contributed by atoms with van der Waals surface area (Å²) in [5.74, 6) is -0.0386. The van der Waals surface area contributed by atoms with Gasteiger partial charge in [-0.25, -0.2) is 0 Å². The summed E-state index contributed by atoms with van der Waals surface area (Å²) in [6, 6.07) is 7.78. The number of fused-ring (bicyclic) bond motifs is 1. The summed E-state index contributed by atoms with van der Waals surface area (Å²) in [6.45, 7) is 7.23. The van der Waals surface area contributed by atoms with Crippen molar-refractivity contribution in [1.82, 2.24) is 10.3 Å². The van der Waals surface area contributed by atoms with Crippen molar-refractivity contribution < 1.29 is 9.53 Å². The third-order valence-electron chi connectivity index (χ3n) is 3.79. The molecule has 0 radical (unpaired) electrons. The molecular weight excluding hydrogens is 304 g/mol. The van der Waals surface area contributed by atoms with Crippen molar-refractivity contribution in [3.05, 3.63) is 45.7 Å². The zero-order chi connectivity index (χ0) is 17.5. The number of aromatic nitrogens is 1. The molecule has 5 nitrogen and oxygen atoms in total. The van der Waals surface area contributed by atoms with Gasteiger partial charge in [-0.1, -0.05) is 11.6 Å². The number of hydrogen-bond donors (Lipinski definition) is 2. The number of pyridine rings is 1. The van der Waals surface area contributed by atoms with E-state index in [0.717, 1.165) is 22.9 Å². The van der Waals surface area contributed by atoms with Crippen molar-refractivity contribution in [3.63, 3.8) is 0 Å². The Hall–Kier alpha value is -2.14. The Balaban J connectivity index is 1.85. The molecule has 1 amide bonds. The summed E-state index contributed by atoms with van der Waals surface area (Å²) in [6.07, 6.45) is 1.75. The maximum atomic E-state index is 12.1. The molecule has 0 aliphatic rings. The average molecular weight is 330 g/mol. The van der Waals surface area contributed by atoms with Gasteiger partial charge in [-0.15, -0.1) is 0 Å². The third kappa shape index (κ3) is 5.49.